The van der Waals surface area contributed by atoms with E-state index in [9.17, 15) is 18.4 Å². The number of nitrogens with two attached hydrogens (primary N) is 1. The van der Waals surface area contributed by atoms with Gasteiger partial charge < -0.3 is 15.5 Å². The normalized spacial score (nSPS) is 17.1. The number of pyridine rings is 1. The lowest BCUT2D eigenvalue weighted by Gasteiger charge is -2.37. The molecule has 0 spiro atoms. The van der Waals surface area contributed by atoms with Crippen LogP contribution in [0.3, 0.4) is 0 Å². The number of piperazine rings is 1. The Labute approximate surface area is 216 Å². The first-order valence-corrected chi connectivity index (χ1v) is 11.8. The average Bonchev–Trinajstić information content (AvgIpc) is 3.58. The van der Waals surface area contributed by atoms with Gasteiger partial charge in [0.1, 0.15) is 29.6 Å². The lowest BCUT2D eigenvalue weighted by molar-refractivity contribution is -0.118. The van der Waals surface area contributed by atoms with Crippen LogP contribution in [0.5, 0.6) is 0 Å². The van der Waals surface area contributed by atoms with E-state index in [1.165, 1.54) is 28.0 Å². The van der Waals surface area contributed by atoms with E-state index >= 15 is 0 Å². The number of nitrogens with zero attached hydrogens (tertiary/aromatic N) is 8. The van der Waals surface area contributed by atoms with Crippen LogP contribution < -0.4 is 10.6 Å². The summed E-state index contributed by atoms with van der Waals surface area (Å²) in [5.74, 6) is -1.12. The van der Waals surface area contributed by atoms with Crippen LogP contribution >= 0.6 is 0 Å². The van der Waals surface area contributed by atoms with Crippen molar-refractivity contribution in [2.24, 2.45) is 10.8 Å². The smallest absolute Gasteiger partial charge is 0.341 e. The SMILES string of the molecule is [C-]#[N+]c1cc(F)cc([C@@H]2CC=NN2C(=O)N2CCN(c3ccc(F)c(-c4ccn(CC(N)=O)n4)n3)CC2)c1. The molecule has 2 aromatic heterocycles. The van der Waals surface area contributed by atoms with Crippen LogP contribution in [0, 0.1) is 18.2 Å². The first-order valence-electron chi connectivity index (χ1n) is 11.8. The van der Waals surface area contributed by atoms with Gasteiger partial charge in [0, 0.05) is 45.0 Å². The Morgan fingerprint density at radius 2 is 1.89 bits per heavy atom. The molecule has 0 unspecified atom stereocenters. The number of amides is 3. The van der Waals surface area contributed by atoms with Gasteiger partial charge in [-0.15, -0.1) is 0 Å². The number of carbonyl (C=O) groups is 2. The highest BCUT2D eigenvalue weighted by molar-refractivity contribution is 5.79. The van der Waals surface area contributed by atoms with Crippen molar-refractivity contribution in [1.82, 2.24) is 24.7 Å². The number of rotatable bonds is 5. The van der Waals surface area contributed by atoms with Gasteiger partial charge in [0.15, 0.2) is 11.5 Å². The maximum absolute atomic E-state index is 14.6. The molecule has 0 radical (unpaired) electrons. The zero-order chi connectivity index (χ0) is 26.8. The lowest BCUT2D eigenvalue weighted by atomic mass is 10.0. The van der Waals surface area contributed by atoms with Gasteiger partial charge >= 0.3 is 6.03 Å². The summed E-state index contributed by atoms with van der Waals surface area (Å²) in [6, 6.07) is 7.67. The van der Waals surface area contributed by atoms with Crippen LogP contribution in [0.1, 0.15) is 18.0 Å². The molecule has 1 aromatic carbocycles. The summed E-state index contributed by atoms with van der Waals surface area (Å²) in [6.07, 6.45) is 3.55. The van der Waals surface area contributed by atoms with Gasteiger partial charge in [-0.1, -0.05) is 6.07 Å². The molecule has 0 saturated carbocycles. The number of aromatic nitrogens is 3. The van der Waals surface area contributed by atoms with Crippen LogP contribution in [0.4, 0.5) is 25.1 Å². The fraction of sp³-hybridized carbons (Fsp3) is 0.280. The molecule has 2 aliphatic heterocycles. The summed E-state index contributed by atoms with van der Waals surface area (Å²) in [6.45, 7) is 8.69. The number of primary amides is 1. The maximum Gasteiger partial charge on any atom is 0.341 e. The van der Waals surface area contributed by atoms with Crippen molar-refractivity contribution in [3.63, 3.8) is 0 Å². The first-order chi connectivity index (χ1) is 18.3. The maximum atomic E-state index is 14.6. The van der Waals surface area contributed by atoms with Crippen molar-refractivity contribution in [1.29, 1.82) is 0 Å². The summed E-state index contributed by atoms with van der Waals surface area (Å²) in [7, 11) is 0. The Morgan fingerprint density at radius 1 is 1.11 bits per heavy atom. The molecule has 3 aromatic rings. The van der Waals surface area contributed by atoms with Gasteiger partial charge in [0.2, 0.25) is 5.91 Å². The Morgan fingerprint density at radius 3 is 2.63 bits per heavy atom. The van der Waals surface area contributed by atoms with E-state index in [2.05, 4.69) is 20.0 Å². The molecule has 0 aliphatic carbocycles. The van der Waals surface area contributed by atoms with Crippen LogP contribution in [0.15, 0.2) is 47.7 Å². The number of urea groups is 1. The van der Waals surface area contributed by atoms with Gasteiger partial charge in [-0.3, -0.25) is 9.48 Å². The Balaban J connectivity index is 1.26. The highest BCUT2D eigenvalue weighted by atomic mass is 19.1. The molecule has 11 nitrogen and oxygen atoms in total. The summed E-state index contributed by atoms with van der Waals surface area (Å²) in [5.41, 5.74) is 6.19. The van der Waals surface area contributed by atoms with Crippen LogP contribution in [-0.2, 0) is 11.3 Å². The molecule has 4 heterocycles. The second-order valence-electron chi connectivity index (χ2n) is 8.87. The molecule has 3 amide bonds. The number of benzene rings is 1. The topological polar surface area (TPSA) is 117 Å². The molecule has 13 heteroatoms. The zero-order valence-corrected chi connectivity index (χ0v) is 20.2. The molecule has 194 valence electrons. The zero-order valence-electron chi connectivity index (χ0n) is 20.2. The average molecular weight is 520 g/mol. The minimum Gasteiger partial charge on any atom is -0.368 e. The van der Waals surface area contributed by atoms with Crippen molar-refractivity contribution in [3.05, 3.63) is 71.2 Å². The Bertz CT molecular complexity index is 1460. The van der Waals surface area contributed by atoms with Crippen molar-refractivity contribution in [2.75, 3.05) is 31.1 Å². The van der Waals surface area contributed by atoms with E-state index in [0.717, 1.165) is 6.07 Å². The molecule has 1 saturated heterocycles. The molecular formula is C25H23F2N9O2. The molecule has 2 aliphatic rings. The van der Waals surface area contributed by atoms with Crippen molar-refractivity contribution < 1.29 is 18.4 Å². The minimum atomic E-state index is -0.566. The fourth-order valence-electron chi connectivity index (χ4n) is 4.52. The largest absolute Gasteiger partial charge is 0.368 e. The van der Waals surface area contributed by atoms with Crippen molar-refractivity contribution in [2.45, 2.75) is 19.0 Å². The molecule has 5 rings (SSSR count). The lowest BCUT2D eigenvalue weighted by Crippen LogP contribution is -2.52. The predicted octanol–water partition coefficient (Wildman–Crippen LogP) is 2.93. The molecule has 2 N–H and O–H groups in total. The van der Waals surface area contributed by atoms with Gasteiger partial charge in [-0.2, -0.15) is 10.2 Å². The number of carbonyl (C=O) groups excluding carboxylic acids is 2. The molecular weight excluding hydrogens is 496 g/mol. The number of halogens is 2. The molecule has 1 atom stereocenters. The van der Waals surface area contributed by atoms with Gasteiger partial charge in [-0.25, -0.2) is 28.4 Å². The fourth-order valence-corrected chi connectivity index (χ4v) is 4.52. The van der Waals surface area contributed by atoms with E-state index in [-0.39, 0.29) is 29.7 Å². The highest BCUT2D eigenvalue weighted by Crippen LogP contribution is 2.32. The summed E-state index contributed by atoms with van der Waals surface area (Å²) < 4.78 is 29.9. The Kier molecular flexibility index (Phi) is 6.69. The van der Waals surface area contributed by atoms with Gasteiger partial charge in [0.05, 0.1) is 12.6 Å². The summed E-state index contributed by atoms with van der Waals surface area (Å²) in [4.78, 5) is 35.7. The van der Waals surface area contributed by atoms with E-state index in [1.54, 1.807) is 29.3 Å². The summed E-state index contributed by atoms with van der Waals surface area (Å²) >= 11 is 0. The molecule has 0 bridgehead atoms. The van der Waals surface area contributed by atoms with Crippen LogP contribution in [-0.4, -0.2) is 69.0 Å². The van der Waals surface area contributed by atoms with Crippen LogP contribution in [0.2, 0.25) is 0 Å². The number of hydrogen-bond acceptors (Lipinski definition) is 6. The standard InChI is InChI=1S/C25H23F2N9O2/c1-29-18-13-16(12-17(26)14-18)21-4-6-30-36(21)25(38)34-10-8-33(9-11-34)23-3-2-19(27)24(31-23)20-5-7-35(32-20)15-22(28)37/h2-3,5-7,12-14,21H,4,8-11,15H2,(H2,28,37)/t21-/m0/s1. The van der Waals surface area contributed by atoms with E-state index < -0.39 is 23.6 Å². The summed E-state index contributed by atoms with van der Waals surface area (Å²) in [5, 5.41) is 9.72. The van der Waals surface area contributed by atoms with E-state index in [4.69, 9.17) is 12.3 Å². The second kappa shape index (κ2) is 10.3. The first kappa shape index (κ1) is 24.8. The van der Waals surface area contributed by atoms with E-state index in [0.29, 0.717) is 44.0 Å². The Hall–Kier alpha value is -4.86. The minimum absolute atomic E-state index is 0.0485. The predicted molar refractivity (Wildman–Crippen MR) is 134 cm³/mol. The second-order valence-corrected chi connectivity index (χ2v) is 8.87. The van der Waals surface area contributed by atoms with Crippen molar-refractivity contribution in [3.8, 4) is 11.4 Å². The quantitative estimate of drug-likeness (QED) is 0.520. The number of hydrazone groups is 1. The highest BCUT2D eigenvalue weighted by Gasteiger charge is 2.33. The monoisotopic (exact) mass is 519 g/mol. The van der Waals surface area contributed by atoms with E-state index in [1.807, 2.05) is 4.90 Å². The van der Waals surface area contributed by atoms with Gasteiger partial charge in [-0.05, 0) is 35.9 Å². The third-order valence-electron chi connectivity index (χ3n) is 6.35. The van der Waals surface area contributed by atoms with Gasteiger partial charge in [0.25, 0.3) is 0 Å². The third-order valence-corrected chi connectivity index (χ3v) is 6.35. The number of hydrogen-bond donors (Lipinski definition) is 1. The van der Waals surface area contributed by atoms with Crippen molar-refractivity contribution >= 4 is 29.7 Å². The number of anilines is 1. The molecule has 1 fully saturated rings. The molecule has 38 heavy (non-hydrogen) atoms. The van der Waals surface area contributed by atoms with Crippen LogP contribution in [0.25, 0.3) is 16.2 Å². The third kappa shape index (κ3) is 5.01.